The van der Waals surface area contributed by atoms with Gasteiger partial charge in [0.1, 0.15) is 6.23 Å². The Labute approximate surface area is 257 Å². The number of hydrogen-bond acceptors (Lipinski definition) is 9. The van der Waals surface area contributed by atoms with E-state index in [9.17, 15) is 14.7 Å². The number of rotatable bonds is 9. The molecule has 0 aliphatic carbocycles. The van der Waals surface area contributed by atoms with E-state index in [1.165, 1.54) is 7.11 Å². The van der Waals surface area contributed by atoms with E-state index in [1.807, 2.05) is 11.0 Å². The molecule has 11 heteroatoms. The van der Waals surface area contributed by atoms with Crippen molar-refractivity contribution >= 4 is 23.2 Å². The lowest BCUT2D eigenvalue weighted by Crippen LogP contribution is -2.43. The molecule has 11 nitrogen and oxygen atoms in total. The lowest BCUT2D eigenvalue weighted by Gasteiger charge is -2.28. The monoisotopic (exact) mass is 604 g/mol. The standard InChI is InChI=1S/C33H40N4O7/c1-6-22-25-10-18(2)16-36(25)32(39)20-12-27(41-4)29(14-23(20)34-22)43-8-7-9-44-30-15-24-21(13-28(30)42-5)33(40)37-17-19(3)11-26(37)31(38)35-24/h12-15,22,25-26,31,34-35,38H,2-3,6-11,16-17H2,1,4-5H3. The molecule has 2 saturated heterocycles. The van der Waals surface area contributed by atoms with Gasteiger partial charge in [-0.05, 0) is 31.4 Å². The predicted molar refractivity (Wildman–Crippen MR) is 166 cm³/mol. The first-order valence-corrected chi connectivity index (χ1v) is 15.1. The second kappa shape index (κ2) is 12.0. The van der Waals surface area contributed by atoms with Crippen LogP contribution in [0.5, 0.6) is 23.0 Å². The van der Waals surface area contributed by atoms with Crippen LogP contribution in [-0.4, -0.2) is 91.6 Å². The lowest BCUT2D eigenvalue weighted by atomic mass is 10.0. The first-order chi connectivity index (χ1) is 21.2. The molecular weight excluding hydrogens is 564 g/mol. The van der Waals surface area contributed by atoms with E-state index >= 15 is 0 Å². The predicted octanol–water partition coefficient (Wildman–Crippen LogP) is 4.04. The van der Waals surface area contributed by atoms with Gasteiger partial charge in [-0.3, -0.25) is 9.59 Å². The maximum Gasteiger partial charge on any atom is 0.256 e. The summed E-state index contributed by atoms with van der Waals surface area (Å²) in [6, 6.07) is 6.72. The summed E-state index contributed by atoms with van der Waals surface area (Å²) in [5, 5.41) is 17.4. The maximum absolute atomic E-state index is 13.5. The maximum atomic E-state index is 13.5. The van der Waals surface area contributed by atoms with Crippen LogP contribution in [0.4, 0.5) is 11.4 Å². The Morgan fingerprint density at radius 3 is 1.82 bits per heavy atom. The minimum atomic E-state index is -0.932. The number of aliphatic hydroxyl groups is 1. The van der Waals surface area contributed by atoms with E-state index in [4.69, 9.17) is 18.9 Å². The SMILES string of the molecule is C=C1CC2C(O)Nc3cc(OCCCOc4cc5c(cc4OC)C(=O)N4CC(=C)CC4C(CC)N5)c(OC)cc3C(=O)N2C1. The van der Waals surface area contributed by atoms with Crippen LogP contribution in [0.3, 0.4) is 0 Å². The smallest absolute Gasteiger partial charge is 0.256 e. The van der Waals surface area contributed by atoms with Crippen molar-refractivity contribution in [2.24, 2.45) is 0 Å². The highest BCUT2D eigenvalue weighted by Crippen LogP contribution is 2.41. The van der Waals surface area contributed by atoms with E-state index in [0.717, 1.165) is 29.7 Å². The molecule has 4 aliphatic rings. The van der Waals surface area contributed by atoms with Crippen molar-refractivity contribution in [2.45, 2.75) is 57.0 Å². The zero-order valence-electron chi connectivity index (χ0n) is 25.5. The number of fused-ring (bicyclic) bond motifs is 4. The van der Waals surface area contributed by atoms with Gasteiger partial charge in [0.05, 0.1) is 62.0 Å². The lowest BCUT2D eigenvalue weighted by molar-refractivity contribution is 0.0581. The fourth-order valence-corrected chi connectivity index (χ4v) is 6.66. The molecule has 3 N–H and O–H groups in total. The van der Waals surface area contributed by atoms with Crippen LogP contribution in [0.25, 0.3) is 0 Å². The minimum Gasteiger partial charge on any atom is -0.493 e. The summed E-state index contributed by atoms with van der Waals surface area (Å²) in [6.45, 7) is 11.8. The summed E-state index contributed by atoms with van der Waals surface area (Å²) in [6.07, 6.45) is 1.81. The van der Waals surface area contributed by atoms with Crippen LogP contribution >= 0.6 is 0 Å². The number of anilines is 2. The number of methoxy groups -OCH3 is 2. The van der Waals surface area contributed by atoms with Gasteiger partial charge in [-0.15, -0.1) is 0 Å². The second-order valence-electron chi connectivity index (χ2n) is 11.8. The zero-order valence-corrected chi connectivity index (χ0v) is 25.5. The average Bonchev–Trinajstić information content (AvgIpc) is 3.56. The average molecular weight is 605 g/mol. The normalized spacial score (nSPS) is 23.9. The molecule has 234 valence electrons. The van der Waals surface area contributed by atoms with Crippen molar-refractivity contribution in [3.63, 3.8) is 0 Å². The van der Waals surface area contributed by atoms with Gasteiger partial charge in [-0.2, -0.15) is 0 Å². The van der Waals surface area contributed by atoms with Crippen LogP contribution in [0.2, 0.25) is 0 Å². The molecule has 0 saturated carbocycles. The highest BCUT2D eigenvalue weighted by Gasteiger charge is 2.41. The van der Waals surface area contributed by atoms with Gasteiger partial charge in [0.2, 0.25) is 0 Å². The van der Waals surface area contributed by atoms with Crippen LogP contribution < -0.4 is 29.6 Å². The number of carbonyl (C=O) groups is 2. The first-order valence-electron chi connectivity index (χ1n) is 15.1. The van der Waals surface area contributed by atoms with Crippen LogP contribution in [-0.2, 0) is 0 Å². The Balaban J connectivity index is 1.12. The summed E-state index contributed by atoms with van der Waals surface area (Å²) in [7, 11) is 3.08. The van der Waals surface area contributed by atoms with Gasteiger partial charge in [0.25, 0.3) is 11.8 Å². The number of benzene rings is 2. The number of amides is 2. The summed E-state index contributed by atoms with van der Waals surface area (Å²) in [5.41, 5.74) is 4.17. The van der Waals surface area contributed by atoms with E-state index in [2.05, 4.69) is 30.7 Å². The molecule has 2 aromatic carbocycles. The van der Waals surface area contributed by atoms with E-state index in [1.54, 1.807) is 30.2 Å². The van der Waals surface area contributed by atoms with Crippen molar-refractivity contribution in [2.75, 3.05) is 51.2 Å². The largest absolute Gasteiger partial charge is 0.493 e. The third kappa shape index (κ3) is 5.29. The number of nitrogens with one attached hydrogen (secondary N) is 2. The molecule has 0 spiro atoms. The molecule has 4 heterocycles. The molecule has 2 aromatic rings. The fraction of sp³-hybridized carbons (Fsp3) is 0.455. The van der Waals surface area contributed by atoms with Gasteiger partial charge < -0.3 is 44.5 Å². The molecule has 2 fully saturated rings. The topological polar surface area (TPSA) is 122 Å². The van der Waals surface area contributed by atoms with Gasteiger partial charge in [-0.25, -0.2) is 0 Å². The van der Waals surface area contributed by atoms with Gasteiger partial charge >= 0.3 is 0 Å². The highest BCUT2D eigenvalue weighted by molar-refractivity contribution is 6.02. The summed E-state index contributed by atoms with van der Waals surface area (Å²) >= 11 is 0. The Hall–Kier alpha value is -4.38. The molecule has 0 bridgehead atoms. The molecule has 44 heavy (non-hydrogen) atoms. The Morgan fingerprint density at radius 1 is 0.795 bits per heavy atom. The molecule has 0 aromatic heterocycles. The molecule has 4 atom stereocenters. The number of hydrogen-bond donors (Lipinski definition) is 3. The molecule has 6 rings (SSSR count). The first kappa shape index (κ1) is 29.7. The summed E-state index contributed by atoms with van der Waals surface area (Å²) in [5.74, 6) is 1.67. The minimum absolute atomic E-state index is 0.0328. The van der Waals surface area contributed by atoms with Crippen molar-refractivity contribution < 1.29 is 33.6 Å². The number of ether oxygens (including phenoxy) is 4. The number of nitrogens with zero attached hydrogens (tertiary/aromatic N) is 2. The van der Waals surface area contributed by atoms with Crippen molar-refractivity contribution in [1.82, 2.24) is 9.80 Å². The van der Waals surface area contributed by atoms with E-state index in [-0.39, 0.29) is 29.9 Å². The fourth-order valence-electron chi connectivity index (χ4n) is 6.66. The highest BCUT2D eigenvalue weighted by atomic mass is 16.5. The third-order valence-corrected chi connectivity index (χ3v) is 8.89. The Morgan fingerprint density at radius 2 is 1.30 bits per heavy atom. The third-order valence-electron chi connectivity index (χ3n) is 8.89. The number of aliphatic hydroxyl groups excluding tert-OH is 1. The Kier molecular flexibility index (Phi) is 8.06. The molecule has 4 aliphatic heterocycles. The van der Waals surface area contributed by atoms with Crippen molar-refractivity contribution in [3.05, 3.63) is 59.7 Å². The van der Waals surface area contributed by atoms with Gasteiger partial charge in [0, 0.05) is 37.7 Å². The van der Waals surface area contributed by atoms with Crippen LogP contribution in [0.1, 0.15) is 53.3 Å². The molecular formula is C33H40N4O7. The molecule has 4 unspecified atom stereocenters. The van der Waals surface area contributed by atoms with Gasteiger partial charge in [-0.1, -0.05) is 31.2 Å². The van der Waals surface area contributed by atoms with Crippen molar-refractivity contribution in [3.8, 4) is 23.0 Å². The Bertz CT molecular complexity index is 1510. The molecule has 0 radical (unpaired) electrons. The quantitative estimate of drug-likeness (QED) is 0.288. The second-order valence-corrected chi connectivity index (χ2v) is 11.8. The van der Waals surface area contributed by atoms with Gasteiger partial charge in [0.15, 0.2) is 23.0 Å². The van der Waals surface area contributed by atoms with E-state index in [0.29, 0.717) is 79.0 Å². The van der Waals surface area contributed by atoms with E-state index < -0.39 is 6.23 Å². The molecule has 2 amide bonds. The zero-order chi connectivity index (χ0) is 31.1. The summed E-state index contributed by atoms with van der Waals surface area (Å²) < 4.78 is 23.3. The van der Waals surface area contributed by atoms with Crippen molar-refractivity contribution in [1.29, 1.82) is 0 Å². The van der Waals surface area contributed by atoms with Crippen LogP contribution in [0.15, 0.2) is 48.6 Å². The number of carbonyl (C=O) groups excluding carboxylic acids is 2. The van der Waals surface area contributed by atoms with Crippen LogP contribution in [0, 0.1) is 0 Å². The summed E-state index contributed by atoms with van der Waals surface area (Å²) in [4.78, 5) is 30.3.